The van der Waals surface area contributed by atoms with Gasteiger partial charge >= 0.3 is 0 Å². The van der Waals surface area contributed by atoms with Gasteiger partial charge in [-0.3, -0.25) is 4.79 Å². The molecule has 0 aliphatic heterocycles. The van der Waals surface area contributed by atoms with Crippen LogP contribution < -0.4 is 16.2 Å². The molecule has 8 heteroatoms. The number of halogens is 1. The van der Waals surface area contributed by atoms with E-state index in [2.05, 4.69) is 21.2 Å². The number of carbonyl (C=O) groups is 1. The van der Waals surface area contributed by atoms with Crippen LogP contribution in [0.25, 0.3) is 0 Å². The van der Waals surface area contributed by atoms with E-state index in [-0.39, 0.29) is 16.2 Å². The molecule has 0 radical (unpaired) electrons. The first-order chi connectivity index (χ1) is 9.76. The summed E-state index contributed by atoms with van der Waals surface area (Å²) in [7, 11) is -3.76. The van der Waals surface area contributed by atoms with Gasteiger partial charge in [0.15, 0.2) is 0 Å². The van der Waals surface area contributed by atoms with Gasteiger partial charge in [0.2, 0.25) is 15.9 Å². The molecule has 0 saturated heterocycles. The van der Waals surface area contributed by atoms with Crippen molar-refractivity contribution < 1.29 is 13.2 Å². The van der Waals surface area contributed by atoms with E-state index >= 15 is 0 Å². The van der Waals surface area contributed by atoms with Crippen LogP contribution in [0.1, 0.15) is 25.7 Å². The van der Waals surface area contributed by atoms with Gasteiger partial charge < -0.3 is 11.1 Å². The first-order valence-corrected chi connectivity index (χ1v) is 8.92. The number of hydrogen-bond donors (Lipinski definition) is 3. The largest absolute Gasteiger partial charge is 0.330 e. The lowest BCUT2D eigenvalue weighted by Gasteiger charge is -2.40. The number of anilines is 1. The first kappa shape index (κ1) is 16.4. The molecule has 0 atom stereocenters. The van der Waals surface area contributed by atoms with E-state index in [1.807, 2.05) is 0 Å². The molecule has 1 aromatic carbocycles. The number of benzene rings is 1. The van der Waals surface area contributed by atoms with E-state index in [1.165, 1.54) is 18.2 Å². The molecule has 21 heavy (non-hydrogen) atoms. The number of rotatable bonds is 5. The molecular formula is C13H18BrN3O3S. The fourth-order valence-electron chi connectivity index (χ4n) is 2.44. The predicted octanol–water partition coefficient (Wildman–Crippen LogP) is 1.55. The van der Waals surface area contributed by atoms with Crippen LogP contribution in [-0.2, 0) is 14.8 Å². The van der Waals surface area contributed by atoms with E-state index in [4.69, 9.17) is 10.9 Å². The molecule has 5 N–H and O–H groups in total. The lowest BCUT2D eigenvalue weighted by molar-refractivity contribution is -0.119. The molecule has 1 aromatic rings. The molecule has 1 saturated carbocycles. The molecule has 6 nitrogen and oxygen atoms in total. The van der Waals surface area contributed by atoms with Crippen molar-refractivity contribution in [1.29, 1.82) is 0 Å². The smallest absolute Gasteiger partial charge is 0.238 e. The highest BCUT2D eigenvalue weighted by molar-refractivity contribution is 9.10. The predicted molar refractivity (Wildman–Crippen MR) is 84.1 cm³/mol. The van der Waals surface area contributed by atoms with Crippen molar-refractivity contribution >= 4 is 37.5 Å². The third kappa shape index (κ3) is 3.82. The van der Waals surface area contributed by atoms with Crippen molar-refractivity contribution in [2.75, 3.05) is 11.9 Å². The Labute approximate surface area is 132 Å². The van der Waals surface area contributed by atoms with Gasteiger partial charge in [-0.15, -0.1) is 0 Å². The van der Waals surface area contributed by atoms with E-state index < -0.39 is 10.0 Å². The van der Waals surface area contributed by atoms with Crippen molar-refractivity contribution in [2.45, 2.75) is 30.6 Å². The monoisotopic (exact) mass is 375 g/mol. The summed E-state index contributed by atoms with van der Waals surface area (Å²) < 4.78 is 23.0. The number of nitrogens with two attached hydrogens (primary N) is 2. The van der Waals surface area contributed by atoms with Gasteiger partial charge in [0.05, 0.1) is 10.6 Å². The average molecular weight is 376 g/mol. The molecule has 1 aliphatic rings. The number of nitrogens with one attached hydrogen (secondary N) is 1. The molecule has 1 aliphatic carbocycles. The molecule has 2 rings (SSSR count). The van der Waals surface area contributed by atoms with Crippen LogP contribution in [0.5, 0.6) is 0 Å². The lowest BCUT2D eigenvalue weighted by atomic mass is 9.66. The number of primary sulfonamides is 1. The van der Waals surface area contributed by atoms with Crippen LogP contribution in [0.4, 0.5) is 5.69 Å². The molecule has 0 unspecified atom stereocenters. The standard InChI is InChI=1S/C13H18BrN3O3S/c14-10-6-9(21(16,19)20)2-3-11(10)17-12(18)7-13(8-15)4-1-5-13/h2-3,6H,1,4-5,7-8,15H2,(H,17,18)(H2,16,19,20). The molecule has 1 fully saturated rings. The van der Waals surface area contributed by atoms with Crippen LogP contribution in [-0.4, -0.2) is 20.9 Å². The maximum absolute atomic E-state index is 12.1. The van der Waals surface area contributed by atoms with Crippen molar-refractivity contribution in [3.8, 4) is 0 Å². The Hall–Kier alpha value is -0.960. The summed E-state index contributed by atoms with van der Waals surface area (Å²) in [6, 6.07) is 4.24. The Balaban J connectivity index is 2.08. The minimum absolute atomic E-state index is 0.00945. The molecule has 0 aromatic heterocycles. The van der Waals surface area contributed by atoms with Crippen LogP contribution in [0.15, 0.2) is 27.6 Å². The number of amides is 1. The van der Waals surface area contributed by atoms with Crippen molar-refractivity contribution in [2.24, 2.45) is 16.3 Å². The topological polar surface area (TPSA) is 115 Å². The van der Waals surface area contributed by atoms with Crippen molar-refractivity contribution in [1.82, 2.24) is 0 Å². The quantitative estimate of drug-likeness (QED) is 0.723. The zero-order chi connectivity index (χ0) is 15.7. The van der Waals surface area contributed by atoms with Crippen molar-refractivity contribution in [3.63, 3.8) is 0 Å². The fourth-order valence-corrected chi connectivity index (χ4v) is 3.61. The van der Waals surface area contributed by atoms with Crippen LogP contribution in [0.2, 0.25) is 0 Å². The number of sulfonamides is 1. The van der Waals surface area contributed by atoms with Gasteiger partial charge in [-0.25, -0.2) is 13.6 Å². The maximum atomic E-state index is 12.1. The fraction of sp³-hybridized carbons (Fsp3) is 0.462. The Morgan fingerprint density at radius 2 is 2.05 bits per heavy atom. The average Bonchev–Trinajstić information content (AvgIpc) is 2.35. The summed E-state index contributed by atoms with van der Waals surface area (Å²) in [6.07, 6.45) is 3.44. The minimum Gasteiger partial charge on any atom is -0.330 e. The summed E-state index contributed by atoms with van der Waals surface area (Å²) in [5.41, 5.74) is 6.18. The minimum atomic E-state index is -3.76. The van der Waals surface area contributed by atoms with E-state index in [0.717, 1.165) is 19.3 Å². The molecular weight excluding hydrogens is 358 g/mol. The molecule has 1 amide bonds. The summed E-state index contributed by atoms with van der Waals surface area (Å²) >= 11 is 3.24. The Morgan fingerprint density at radius 1 is 1.38 bits per heavy atom. The Bertz CT molecular complexity index is 651. The number of hydrogen-bond acceptors (Lipinski definition) is 4. The molecule has 116 valence electrons. The summed E-state index contributed by atoms with van der Waals surface area (Å²) in [4.78, 5) is 12.1. The van der Waals surface area contributed by atoms with E-state index in [0.29, 0.717) is 23.1 Å². The van der Waals surface area contributed by atoms with E-state index in [1.54, 1.807) is 0 Å². The lowest BCUT2D eigenvalue weighted by Crippen LogP contribution is -2.40. The number of carbonyl (C=O) groups excluding carboxylic acids is 1. The second-order valence-corrected chi connectivity index (χ2v) is 7.89. The zero-order valence-corrected chi connectivity index (χ0v) is 13.8. The highest BCUT2D eigenvalue weighted by atomic mass is 79.9. The van der Waals surface area contributed by atoms with Crippen LogP contribution in [0, 0.1) is 5.41 Å². The normalized spacial score (nSPS) is 17.1. The Kier molecular flexibility index (Phi) is 4.72. The van der Waals surface area contributed by atoms with E-state index in [9.17, 15) is 13.2 Å². The van der Waals surface area contributed by atoms with Gasteiger partial charge in [0.25, 0.3) is 0 Å². The summed E-state index contributed by atoms with van der Waals surface area (Å²) in [6.45, 7) is 0.506. The third-order valence-electron chi connectivity index (χ3n) is 3.93. The molecule has 0 bridgehead atoms. The van der Waals surface area contributed by atoms with Gasteiger partial charge in [-0.1, -0.05) is 6.42 Å². The second kappa shape index (κ2) is 6.04. The highest BCUT2D eigenvalue weighted by Gasteiger charge is 2.37. The zero-order valence-electron chi connectivity index (χ0n) is 11.4. The van der Waals surface area contributed by atoms with Crippen LogP contribution >= 0.6 is 15.9 Å². The molecule has 0 heterocycles. The summed E-state index contributed by atoms with van der Waals surface area (Å²) in [5.74, 6) is -0.121. The van der Waals surface area contributed by atoms with Gasteiger partial charge in [-0.2, -0.15) is 0 Å². The third-order valence-corrected chi connectivity index (χ3v) is 5.49. The van der Waals surface area contributed by atoms with Gasteiger partial charge in [0.1, 0.15) is 0 Å². The van der Waals surface area contributed by atoms with Gasteiger partial charge in [0, 0.05) is 10.9 Å². The second-order valence-electron chi connectivity index (χ2n) is 5.47. The maximum Gasteiger partial charge on any atom is 0.238 e. The first-order valence-electron chi connectivity index (χ1n) is 6.58. The summed E-state index contributed by atoms with van der Waals surface area (Å²) in [5, 5.41) is 7.82. The SMILES string of the molecule is NCC1(CC(=O)Nc2ccc(S(N)(=O)=O)cc2Br)CCC1. The van der Waals surface area contributed by atoms with Gasteiger partial charge in [-0.05, 0) is 58.9 Å². The van der Waals surface area contributed by atoms with Crippen LogP contribution in [0.3, 0.4) is 0 Å². The molecule has 0 spiro atoms. The van der Waals surface area contributed by atoms with Crippen molar-refractivity contribution in [3.05, 3.63) is 22.7 Å². The highest BCUT2D eigenvalue weighted by Crippen LogP contribution is 2.43. The Morgan fingerprint density at radius 3 is 2.48 bits per heavy atom.